The molecule has 0 spiro atoms. The highest BCUT2D eigenvalue weighted by Gasteiger charge is 2.09. The van der Waals surface area contributed by atoms with Gasteiger partial charge >= 0.3 is 0 Å². The number of hydrogen-bond donors (Lipinski definition) is 1. The summed E-state index contributed by atoms with van der Waals surface area (Å²) in [5.74, 6) is 0.222. The Balaban J connectivity index is 1.57. The van der Waals surface area contributed by atoms with Gasteiger partial charge in [0.15, 0.2) is 0 Å². The van der Waals surface area contributed by atoms with E-state index in [4.69, 9.17) is 4.74 Å². The van der Waals surface area contributed by atoms with Crippen LogP contribution in [0.25, 0.3) is 6.08 Å². The lowest BCUT2D eigenvalue weighted by molar-refractivity contribution is -0.385. The first kappa shape index (κ1) is 18.8. The van der Waals surface area contributed by atoms with Crippen LogP contribution in [0.5, 0.6) is 5.75 Å². The van der Waals surface area contributed by atoms with Crippen molar-refractivity contribution in [3.8, 4) is 5.75 Å². The molecular weight excluding hydrogens is 360 g/mol. The molecular formula is C20H18N4O4. The molecule has 0 bridgehead atoms. The molecule has 28 heavy (non-hydrogen) atoms. The standard InChI is InChI=1S/C20H18N4O4/c25-20(10-9-16-5-1-2-8-19(16)24(26)27)22-17-6-3-7-18(15-17)28-14-13-23-12-4-11-21-23/h1-12,15H,13-14H2,(H,22,25)/b10-9+. The molecule has 0 aliphatic heterocycles. The Hall–Kier alpha value is -3.94. The highest BCUT2D eigenvalue weighted by Crippen LogP contribution is 2.20. The van der Waals surface area contributed by atoms with E-state index in [1.54, 1.807) is 53.3 Å². The minimum absolute atomic E-state index is 0.0564. The topological polar surface area (TPSA) is 99.3 Å². The van der Waals surface area contributed by atoms with Crippen molar-refractivity contribution < 1.29 is 14.5 Å². The van der Waals surface area contributed by atoms with E-state index in [9.17, 15) is 14.9 Å². The third-order valence-corrected chi connectivity index (χ3v) is 3.80. The Morgan fingerprint density at radius 3 is 2.86 bits per heavy atom. The lowest BCUT2D eigenvalue weighted by atomic mass is 10.1. The predicted octanol–water partition coefficient (Wildman–Crippen LogP) is 3.52. The van der Waals surface area contributed by atoms with Gasteiger partial charge < -0.3 is 10.1 Å². The number of anilines is 1. The monoisotopic (exact) mass is 378 g/mol. The predicted molar refractivity (Wildman–Crippen MR) is 105 cm³/mol. The molecule has 0 unspecified atom stereocenters. The number of carbonyl (C=O) groups excluding carboxylic acids is 1. The summed E-state index contributed by atoms with van der Waals surface area (Å²) >= 11 is 0. The maximum Gasteiger partial charge on any atom is 0.276 e. The minimum Gasteiger partial charge on any atom is -0.492 e. The third kappa shape index (κ3) is 5.28. The van der Waals surface area contributed by atoms with Crippen LogP contribution in [0, 0.1) is 10.1 Å². The van der Waals surface area contributed by atoms with Crippen LogP contribution in [0.4, 0.5) is 11.4 Å². The van der Waals surface area contributed by atoms with Crippen molar-refractivity contribution in [1.29, 1.82) is 0 Å². The normalized spacial score (nSPS) is 10.7. The number of ether oxygens (including phenoxy) is 1. The van der Waals surface area contributed by atoms with Crippen LogP contribution >= 0.6 is 0 Å². The molecule has 0 saturated heterocycles. The number of nitro benzene ring substituents is 1. The SMILES string of the molecule is O=C(/C=C/c1ccccc1[N+](=O)[O-])Nc1cccc(OCCn2cccn2)c1. The van der Waals surface area contributed by atoms with Gasteiger partial charge in [-0.15, -0.1) is 0 Å². The quantitative estimate of drug-likeness (QED) is 0.367. The number of nitrogens with one attached hydrogen (secondary N) is 1. The fourth-order valence-electron chi connectivity index (χ4n) is 2.50. The summed E-state index contributed by atoms with van der Waals surface area (Å²) in [5, 5.41) is 17.8. The van der Waals surface area contributed by atoms with E-state index in [2.05, 4.69) is 10.4 Å². The maximum atomic E-state index is 12.1. The first-order valence-corrected chi connectivity index (χ1v) is 8.54. The van der Waals surface area contributed by atoms with Crippen LogP contribution < -0.4 is 10.1 Å². The molecule has 2 aromatic carbocycles. The minimum atomic E-state index is -0.484. The fraction of sp³-hybridized carbons (Fsp3) is 0.100. The lowest BCUT2D eigenvalue weighted by Gasteiger charge is -2.08. The van der Waals surface area contributed by atoms with Gasteiger partial charge in [-0.25, -0.2) is 0 Å². The summed E-state index contributed by atoms with van der Waals surface area (Å²) < 4.78 is 7.43. The van der Waals surface area contributed by atoms with Crippen LogP contribution in [0.2, 0.25) is 0 Å². The van der Waals surface area contributed by atoms with E-state index >= 15 is 0 Å². The van der Waals surface area contributed by atoms with Gasteiger partial charge in [0, 0.05) is 36.3 Å². The first-order valence-electron chi connectivity index (χ1n) is 8.54. The van der Waals surface area contributed by atoms with Crippen molar-refractivity contribution in [3.05, 3.63) is 88.7 Å². The van der Waals surface area contributed by atoms with Gasteiger partial charge in [-0.05, 0) is 30.3 Å². The first-order chi connectivity index (χ1) is 13.6. The van der Waals surface area contributed by atoms with Crippen LogP contribution in [0.15, 0.2) is 73.1 Å². The molecule has 1 amide bonds. The number of nitro groups is 1. The molecule has 8 nitrogen and oxygen atoms in total. The van der Waals surface area contributed by atoms with Crippen LogP contribution in [-0.2, 0) is 11.3 Å². The second-order valence-corrected chi connectivity index (χ2v) is 5.78. The number of amides is 1. The molecule has 3 aromatic rings. The Morgan fingerprint density at radius 2 is 2.07 bits per heavy atom. The van der Waals surface area contributed by atoms with Crippen LogP contribution in [-0.4, -0.2) is 27.2 Å². The Kier molecular flexibility index (Phi) is 6.14. The molecule has 0 saturated carbocycles. The number of rotatable bonds is 8. The molecule has 1 aromatic heterocycles. The zero-order valence-electron chi connectivity index (χ0n) is 14.9. The van der Waals surface area contributed by atoms with Crippen molar-refractivity contribution in [2.24, 2.45) is 0 Å². The average Bonchev–Trinajstić information content (AvgIpc) is 3.20. The van der Waals surface area contributed by atoms with Gasteiger partial charge in [0.1, 0.15) is 12.4 Å². The van der Waals surface area contributed by atoms with Gasteiger partial charge in [0.25, 0.3) is 5.69 Å². The molecule has 1 heterocycles. The number of carbonyl (C=O) groups is 1. The molecule has 142 valence electrons. The number of aromatic nitrogens is 2. The van der Waals surface area contributed by atoms with Gasteiger partial charge in [0.2, 0.25) is 5.91 Å². The Morgan fingerprint density at radius 1 is 1.21 bits per heavy atom. The molecule has 0 fully saturated rings. The van der Waals surface area contributed by atoms with E-state index in [1.807, 2.05) is 12.3 Å². The molecule has 0 aliphatic rings. The van der Waals surface area contributed by atoms with Gasteiger partial charge in [-0.3, -0.25) is 19.6 Å². The largest absolute Gasteiger partial charge is 0.492 e. The molecule has 0 atom stereocenters. The Bertz CT molecular complexity index is 983. The lowest BCUT2D eigenvalue weighted by Crippen LogP contribution is -2.10. The van der Waals surface area contributed by atoms with Crippen molar-refractivity contribution in [2.45, 2.75) is 6.54 Å². The second-order valence-electron chi connectivity index (χ2n) is 5.78. The zero-order valence-corrected chi connectivity index (χ0v) is 14.9. The zero-order chi connectivity index (χ0) is 19.8. The van der Waals surface area contributed by atoms with E-state index in [1.165, 1.54) is 18.2 Å². The third-order valence-electron chi connectivity index (χ3n) is 3.80. The molecule has 0 aliphatic carbocycles. The Labute approximate surface area is 161 Å². The number of hydrogen-bond acceptors (Lipinski definition) is 5. The summed E-state index contributed by atoms with van der Waals surface area (Å²) in [4.78, 5) is 22.7. The van der Waals surface area contributed by atoms with E-state index in [-0.39, 0.29) is 5.69 Å². The molecule has 1 N–H and O–H groups in total. The van der Waals surface area contributed by atoms with Crippen LogP contribution in [0.1, 0.15) is 5.56 Å². The van der Waals surface area contributed by atoms with Gasteiger partial charge in [-0.1, -0.05) is 18.2 Å². The smallest absolute Gasteiger partial charge is 0.276 e. The van der Waals surface area contributed by atoms with Crippen molar-refractivity contribution in [1.82, 2.24) is 9.78 Å². The average molecular weight is 378 g/mol. The number of nitrogens with zero attached hydrogens (tertiary/aromatic N) is 3. The molecule has 3 rings (SSSR count). The summed E-state index contributed by atoms with van der Waals surface area (Å²) in [6.07, 6.45) is 6.22. The fourth-order valence-corrected chi connectivity index (χ4v) is 2.50. The van der Waals surface area contributed by atoms with Crippen molar-refractivity contribution in [3.63, 3.8) is 0 Å². The summed E-state index contributed by atoms with van der Waals surface area (Å²) in [6, 6.07) is 15.1. The summed E-state index contributed by atoms with van der Waals surface area (Å²) in [5.41, 5.74) is 0.867. The summed E-state index contributed by atoms with van der Waals surface area (Å²) in [6.45, 7) is 1.05. The van der Waals surface area contributed by atoms with Crippen molar-refractivity contribution in [2.75, 3.05) is 11.9 Å². The van der Waals surface area contributed by atoms with E-state index < -0.39 is 10.8 Å². The molecule has 8 heteroatoms. The summed E-state index contributed by atoms with van der Waals surface area (Å²) in [7, 11) is 0. The van der Waals surface area contributed by atoms with Gasteiger partial charge in [0.05, 0.1) is 17.0 Å². The number of benzene rings is 2. The number of para-hydroxylation sites is 1. The maximum absolute atomic E-state index is 12.1. The highest BCUT2D eigenvalue weighted by atomic mass is 16.6. The molecule has 0 radical (unpaired) electrons. The van der Waals surface area contributed by atoms with Crippen LogP contribution in [0.3, 0.4) is 0 Å². The van der Waals surface area contributed by atoms with E-state index in [0.29, 0.717) is 30.2 Å². The van der Waals surface area contributed by atoms with Gasteiger partial charge in [-0.2, -0.15) is 5.10 Å². The van der Waals surface area contributed by atoms with Crippen molar-refractivity contribution >= 4 is 23.4 Å². The van der Waals surface area contributed by atoms with E-state index in [0.717, 1.165) is 0 Å². The second kappa shape index (κ2) is 9.13. The highest BCUT2D eigenvalue weighted by molar-refractivity contribution is 6.02.